The number of anilines is 1. The van der Waals surface area contributed by atoms with Gasteiger partial charge in [0.1, 0.15) is 5.75 Å². The van der Waals surface area contributed by atoms with Gasteiger partial charge in [-0.05, 0) is 38.0 Å². The third-order valence-corrected chi connectivity index (χ3v) is 3.52. The van der Waals surface area contributed by atoms with E-state index in [4.69, 9.17) is 10.5 Å². The van der Waals surface area contributed by atoms with Crippen molar-refractivity contribution in [1.29, 1.82) is 0 Å². The Morgan fingerprint density at radius 2 is 2.05 bits per heavy atom. The number of amides is 1. The molecule has 0 aromatic heterocycles. The van der Waals surface area contributed by atoms with Gasteiger partial charge < -0.3 is 15.8 Å². The Bertz CT molecular complexity index is 446. The van der Waals surface area contributed by atoms with Gasteiger partial charge in [-0.15, -0.1) is 0 Å². The summed E-state index contributed by atoms with van der Waals surface area (Å²) in [7, 11) is 0. The Hall–Kier alpha value is -1.71. The highest BCUT2D eigenvalue weighted by Gasteiger charge is 2.10. The molecule has 0 aliphatic carbocycles. The molecule has 21 heavy (non-hydrogen) atoms. The number of nitrogen functional groups attached to an aromatic ring is 1. The first-order chi connectivity index (χ1) is 10.1. The fourth-order valence-corrected chi connectivity index (χ4v) is 1.94. The van der Waals surface area contributed by atoms with Crippen LogP contribution in [0.15, 0.2) is 18.2 Å². The van der Waals surface area contributed by atoms with Crippen LogP contribution in [0.25, 0.3) is 0 Å². The van der Waals surface area contributed by atoms with Gasteiger partial charge in [-0.1, -0.05) is 33.1 Å². The third kappa shape index (κ3) is 6.06. The van der Waals surface area contributed by atoms with Crippen molar-refractivity contribution in [2.75, 3.05) is 12.3 Å². The largest absolute Gasteiger partial charge is 0.491 e. The summed E-state index contributed by atoms with van der Waals surface area (Å²) in [4.78, 5) is 12.0. The van der Waals surface area contributed by atoms with Crippen molar-refractivity contribution in [3.8, 4) is 5.75 Å². The predicted octanol–water partition coefficient (Wildman–Crippen LogP) is 3.76. The first kappa shape index (κ1) is 17.3. The number of rotatable bonds is 9. The molecule has 0 aliphatic heterocycles. The lowest BCUT2D eigenvalue weighted by atomic mass is 10.1. The third-order valence-electron chi connectivity index (χ3n) is 3.52. The summed E-state index contributed by atoms with van der Waals surface area (Å²) in [6, 6.07) is 5.38. The van der Waals surface area contributed by atoms with Gasteiger partial charge in [-0.25, -0.2) is 0 Å². The Labute approximate surface area is 128 Å². The number of nitrogens with one attached hydrogen (secondary N) is 1. The summed E-state index contributed by atoms with van der Waals surface area (Å²) in [5, 5.41) is 2.92. The first-order valence-electron chi connectivity index (χ1n) is 7.91. The number of hydrogen-bond acceptors (Lipinski definition) is 3. The first-order valence-corrected chi connectivity index (χ1v) is 7.91. The second-order valence-corrected chi connectivity index (χ2v) is 5.44. The van der Waals surface area contributed by atoms with Crippen molar-refractivity contribution in [3.63, 3.8) is 0 Å². The van der Waals surface area contributed by atoms with Crippen LogP contribution < -0.4 is 15.8 Å². The molecule has 1 atom stereocenters. The summed E-state index contributed by atoms with van der Waals surface area (Å²) in [6.45, 7) is 6.87. The number of carbonyl (C=O) groups excluding carboxylic acids is 1. The second-order valence-electron chi connectivity index (χ2n) is 5.44. The minimum atomic E-state index is -0.0921. The molecule has 3 N–H and O–H groups in total. The lowest BCUT2D eigenvalue weighted by Gasteiger charge is -2.13. The zero-order valence-corrected chi connectivity index (χ0v) is 13.4. The monoisotopic (exact) mass is 292 g/mol. The number of ether oxygens (including phenoxy) is 1. The number of unbranched alkanes of at least 4 members (excludes halogenated alkanes) is 3. The van der Waals surface area contributed by atoms with Crippen molar-refractivity contribution in [1.82, 2.24) is 5.32 Å². The highest BCUT2D eigenvalue weighted by molar-refractivity contribution is 5.95. The van der Waals surface area contributed by atoms with Gasteiger partial charge in [0.15, 0.2) is 0 Å². The molecule has 4 heteroatoms. The molecular weight excluding hydrogens is 264 g/mol. The topological polar surface area (TPSA) is 64.3 Å². The molecule has 1 amide bonds. The van der Waals surface area contributed by atoms with Crippen LogP contribution in [-0.2, 0) is 0 Å². The summed E-state index contributed by atoms with van der Waals surface area (Å²) < 4.78 is 5.66. The molecule has 0 saturated carbocycles. The Kier molecular flexibility index (Phi) is 7.65. The molecule has 1 aromatic rings. The molecular formula is C17H28N2O2. The molecule has 0 heterocycles. The molecule has 118 valence electrons. The summed E-state index contributed by atoms with van der Waals surface area (Å²) in [5.41, 5.74) is 7.05. The van der Waals surface area contributed by atoms with Crippen LogP contribution in [0.2, 0.25) is 0 Å². The van der Waals surface area contributed by atoms with Gasteiger partial charge in [-0.2, -0.15) is 0 Å². The van der Waals surface area contributed by atoms with E-state index in [1.54, 1.807) is 18.2 Å². The maximum atomic E-state index is 12.0. The average Bonchev–Trinajstić information content (AvgIpc) is 2.48. The van der Waals surface area contributed by atoms with Crippen LogP contribution in [0.5, 0.6) is 5.75 Å². The normalized spacial score (nSPS) is 12.0. The average molecular weight is 292 g/mol. The Morgan fingerprint density at radius 3 is 2.67 bits per heavy atom. The molecule has 0 aliphatic rings. The van der Waals surface area contributed by atoms with Crippen molar-refractivity contribution >= 4 is 11.6 Å². The summed E-state index contributed by atoms with van der Waals surface area (Å²) in [5.74, 6) is 0.567. The lowest BCUT2D eigenvalue weighted by Crippen LogP contribution is -2.31. The molecule has 1 rings (SSSR count). The Morgan fingerprint density at radius 1 is 1.29 bits per heavy atom. The van der Waals surface area contributed by atoms with E-state index in [9.17, 15) is 4.79 Å². The number of hydrogen-bond donors (Lipinski definition) is 2. The van der Waals surface area contributed by atoms with Crippen molar-refractivity contribution in [3.05, 3.63) is 23.8 Å². The minimum absolute atomic E-state index is 0.0921. The van der Waals surface area contributed by atoms with E-state index in [1.165, 1.54) is 19.3 Å². The molecule has 1 unspecified atom stereocenters. The molecule has 0 bridgehead atoms. The van der Waals surface area contributed by atoms with Crippen molar-refractivity contribution < 1.29 is 9.53 Å². The van der Waals surface area contributed by atoms with E-state index in [2.05, 4.69) is 12.2 Å². The van der Waals surface area contributed by atoms with E-state index in [1.807, 2.05) is 13.8 Å². The van der Waals surface area contributed by atoms with Gasteiger partial charge in [-0.3, -0.25) is 4.79 Å². The van der Waals surface area contributed by atoms with E-state index in [0.717, 1.165) is 12.8 Å². The van der Waals surface area contributed by atoms with E-state index in [0.29, 0.717) is 23.6 Å². The summed E-state index contributed by atoms with van der Waals surface area (Å²) in [6.07, 6.45) is 5.55. The minimum Gasteiger partial charge on any atom is -0.491 e. The summed E-state index contributed by atoms with van der Waals surface area (Å²) >= 11 is 0. The highest BCUT2D eigenvalue weighted by Crippen LogP contribution is 2.23. The molecule has 4 nitrogen and oxygen atoms in total. The SMILES string of the molecule is CCCCCCOc1ccc(C(=O)NC(C)CC)cc1N. The molecule has 1 aromatic carbocycles. The van der Waals surface area contributed by atoms with Gasteiger partial charge in [0.25, 0.3) is 5.91 Å². The van der Waals surface area contributed by atoms with Crippen LogP contribution in [0.1, 0.15) is 63.2 Å². The van der Waals surface area contributed by atoms with Crippen LogP contribution in [0.4, 0.5) is 5.69 Å². The molecule has 0 fully saturated rings. The number of nitrogens with two attached hydrogens (primary N) is 1. The van der Waals surface area contributed by atoms with Crippen LogP contribution in [0.3, 0.4) is 0 Å². The molecule has 0 spiro atoms. The van der Waals surface area contributed by atoms with Gasteiger partial charge >= 0.3 is 0 Å². The predicted molar refractivity (Wildman–Crippen MR) is 87.7 cm³/mol. The van der Waals surface area contributed by atoms with Crippen LogP contribution in [0, 0.1) is 0 Å². The fraction of sp³-hybridized carbons (Fsp3) is 0.588. The zero-order valence-electron chi connectivity index (χ0n) is 13.4. The van der Waals surface area contributed by atoms with Crippen LogP contribution in [-0.4, -0.2) is 18.6 Å². The van der Waals surface area contributed by atoms with E-state index < -0.39 is 0 Å². The zero-order chi connectivity index (χ0) is 15.7. The Balaban J connectivity index is 2.53. The molecule has 0 saturated heterocycles. The highest BCUT2D eigenvalue weighted by atomic mass is 16.5. The second kappa shape index (κ2) is 9.27. The number of carbonyl (C=O) groups is 1. The smallest absolute Gasteiger partial charge is 0.251 e. The maximum Gasteiger partial charge on any atom is 0.251 e. The van der Waals surface area contributed by atoms with Crippen molar-refractivity contribution in [2.45, 2.75) is 58.9 Å². The van der Waals surface area contributed by atoms with E-state index in [-0.39, 0.29) is 11.9 Å². The number of benzene rings is 1. The standard InChI is InChI=1S/C17H28N2O2/c1-4-6-7-8-11-21-16-10-9-14(12-15(16)18)17(20)19-13(3)5-2/h9-10,12-13H,4-8,11,18H2,1-3H3,(H,19,20). The quantitative estimate of drug-likeness (QED) is 0.538. The molecule has 0 radical (unpaired) electrons. The van der Waals surface area contributed by atoms with Gasteiger partial charge in [0.2, 0.25) is 0 Å². The lowest BCUT2D eigenvalue weighted by molar-refractivity contribution is 0.0939. The van der Waals surface area contributed by atoms with Crippen molar-refractivity contribution in [2.24, 2.45) is 0 Å². The van der Waals surface area contributed by atoms with Gasteiger partial charge in [0, 0.05) is 11.6 Å². The maximum absolute atomic E-state index is 12.0. The van der Waals surface area contributed by atoms with E-state index >= 15 is 0 Å². The van der Waals surface area contributed by atoms with Crippen LogP contribution >= 0.6 is 0 Å². The fourth-order valence-electron chi connectivity index (χ4n) is 1.94. The van der Waals surface area contributed by atoms with Gasteiger partial charge in [0.05, 0.1) is 12.3 Å².